The first-order valence-electron chi connectivity index (χ1n) is 7.40. The molecule has 0 bridgehead atoms. The number of rotatable bonds is 6. The molecule has 1 N–H and O–H groups in total. The fourth-order valence-corrected chi connectivity index (χ4v) is 4.25. The van der Waals surface area contributed by atoms with Gasteiger partial charge in [0.2, 0.25) is 5.91 Å². The first-order valence-corrected chi connectivity index (χ1v) is 8.39. The third-order valence-corrected chi connectivity index (χ3v) is 5.62. The fraction of sp³-hybridized carbons (Fsp3) is 0.500. The van der Waals surface area contributed by atoms with Crippen LogP contribution in [0.3, 0.4) is 0 Å². The minimum absolute atomic E-state index is 0.0109. The summed E-state index contributed by atoms with van der Waals surface area (Å²) >= 11 is 1.41. The molecule has 0 aromatic heterocycles. The minimum Gasteiger partial charge on any atom is -0.460 e. The van der Waals surface area contributed by atoms with Gasteiger partial charge in [-0.25, -0.2) is 0 Å². The van der Waals surface area contributed by atoms with Gasteiger partial charge in [0, 0.05) is 24.8 Å². The molecule has 2 aliphatic heterocycles. The van der Waals surface area contributed by atoms with Crippen LogP contribution in [0.2, 0.25) is 0 Å². The maximum absolute atomic E-state index is 12.6. The summed E-state index contributed by atoms with van der Waals surface area (Å²) in [6.45, 7) is 0.644. The molecule has 2 heterocycles. The van der Waals surface area contributed by atoms with E-state index in [1.165, 1.54) is 11.8 Å². The minimum atomic E-state index is -0.728. The van der Waals surface area contributed by atoms with E-state index in [4.69, 9.17) is 9.84 Å². The molecule has 2 unspecified atom stereocenters. The lowest BCUT2D eigenvalue weighted by Crippen LogP contribution is -2.48. The second kappa shape index (κ2) is 6.30. The van der Waals surface area contributed by atoms with Crippen LogP contribution >= 0.6 is 11.8 Å². The van der Waals surface area contributed by atoms with Crippen LogP contribution in [-0.2, 0) is 20.9 Å². The zero-order valence-electron chi connectivity index (χ0n) is 12.2. The fourth-order valence-electron chi connectivity index (χ4n) is 3.05. The average molecular weight is 321 g/mol. The van der Waals surface area contributed by atoms with Crippen LogP contribution in [-0.4, -0.2) is 51.6 Å². The van der Waals surface area contributed by atoms with Crippen LogP contribution in [0.5, 0.6) is 0 Å². The smallest absolute Gasteiger partial charge is 0.324 e. The molecule has 0 radical (unpaired) electrons. The van der Waals surface area contributed by atoms with Crippen molar-refractivity contribution in [2.45, 2.75) is 30.2 Å². The molecule has 5 nitrogen and oxygen atoms in total. The number of β-lactam (4-membered cyclic amide) rings is 1. The normalized spacial score (nSPS) is 26.5. The predicted octanol–water partition coefficient (Wildman–Crippen LogP) is 1.20. The molecular weight excluding hydrogens is 302 g/mol. The predicted molar refractivity (Wildman–Crippen MR) is 83.2 cm³/mol. The van der Waals surface area contributed by atoms with Crippen molar-refractivity contribution < 1.29 is 19.4 Å². The summed E-state index contributed by atoms with van der Waals surface area (Å²) < 4.78 is 4.76. The lowest BCUT2D eigenvalue weighted by Gasteiger charge is -2.33. The van der Waals surface area contributed by atoms with Crippen LogP contribution in [0.25, 0.3) is 0 Å². The van der Waals surface area contributed by atoms with Crippen molar-refractivity contribution in [2.24, 2.45) is 0 Å². The zero-order valence-corrected chi connectivity index (χ0v) is 13.1. The van der Waals surface area contributed by atoms with E-state index >= 15 is 0 Å². The number of esters is 1. The van der Waals surface area contributed by atoms with Gasteiger partial charge in [0.25, 0.3) is 0 Å². The summed E-state index contributed by atoms with van der Waals surface area (Å²) in [6.07, 6.45) is 1.14. The van der Waals surface area contributed by atoms with Gasteiger partial charge in [-0.15, -0.1) is 11.8 Å². The molecule has 1 aromatic carbocycles. The quantitative estimate of drug-likeness (QED) is 0.630. The molecule has 0 spiro atoms. The van der Waals surface area contributed by atoms with Gasteiger partial charge < -0.3 is 14.7 Å². The van der Waals surface area contributed by atoms with Gasteiger partial charge in [-0.1, -0.05) is 30.3 Å². The summed E-state index contributed by atoms with van der Waals surface area (Å²) in [5.74, 6) is 0.291. The summed E-state index contributed by atoms with van der Waals surface area (Å²) in [5.41, 5.74) is 0.940. The topological polar surface area (TPSA) is 66.8 Å². The van der Waals surface area contributed by atoms with E-state index < -0.39 is 4.75 Å². The molecular formula is C16H19NO4S. The lowest BCUT2D eigenvalue weighted by molar-refractivity contribution is -0.147. The Morgan fingerprint density at radius 2 is 2.18 bits per heavy atom. The number of hydrogen-bond acceptors (Lipinski definition) is 5. The van der Waals surface area contributed by atoms with E-state index in [0.717, 1.165) is 5.56 Å². The van der Waals surface area contributed by atoms with Gasteiger partial charge in [-0.2, -0.15) is 0 Å². The third-order valence-electron chi connectivity index (χ3n) is 4.22. The molecule has 3 rings (SSSR count). The molecule has 1 amide bonds. The highest BCUT2D eigenvalue weighted by atomic mass is 32.2. The highest BCUT2D eigenvalue weighted by Crippen LogP contribution is 2.45. The number of nitrogens with zero attached hydrogens (tertiary/aromatic N) is 1. The number of carbonyl (C=O) groups excluding carboxylic acids is 2. The summed E-state index contributed by atoms with van der Waals surface area (Å²) in [6, 6.07) is 9.69. The van der Waals surface area contributed by atoms with Gasteiger partial charge >= 0.3 is 5.97 Å². The molecule has 2 aliphatic rings. The largest absolute Gasteiger partial charge is 0.460 e. The average Bonchev–Trinajstić information content (AvgIpc) is 2.85. The Hall–Kier alpha value is -1.53. The van der Waals surface area contributed by atoms with Crippen LogP contribution in [0.15, 0.2) is 30.3 Å². The molecule has 2 saturated heterocycles. The molecule has 2 atom stereocenters. The molecule has 2 fully saturated rings. The SMILES string of the molecule is O=C1CC2CC(SCCO)(C(=O)OCc3ccccc3)CN12. The van der Waals surface area contributed by atoms with Crippen molar-refractivity contribution in [3.05, 3.63) is 35.9 Å². The number of hydrogen-bond donors (Lipinski definition) is 1. The first kappa shape index (κ1) is 15.4. The van der Waals surface area contributed by atoms with E-state index in [0.29, 0.717) is 25.1 Å². The molecule has 6 heteroatoms. The zero-order chi connectivity index (χ0) is 15.6. The van der Waals surface area contributed by atoms with Crippen molar-refractivity contribution in [1.29, 1.82) is 0 Å². The van der Waals surface area contributed by atoms with Crippen LogP contribution < -0.4 is 0 Å². The maximum Gasteiger partial charge on any atom is 0.324 e. The standard InChI is InChI=1S/C16H19NO4S/c18-6-7-22-16(9-13-8-14(19)17(13)11-16)15(20)21-10-12-4-2-1-3-5-12/h1-5,13,18H,6-11H2. The van der Waals surface area contributed by atoms with E-state index in [9.17, 15) is 9.59 Å². The number of benzene rings is 1. The monoisotopic (exact) mass is 321 g/mol. The molecule has 22 heavy (non-hydrogen) atoms. The Morgan fingerprint density at radius 3 is 2.82 bits per heavy atom. The number of amides is 1. The van der Waals surface area contributed by atoms with Gasteiger partial charge in [-0.3, -0.25) is 9.59 Å². The van der Waals surface area contributed by atoms with Gasteiger partial charge in [-0.05, 0) is 12.0 Å². The number of aliphatic hydroxyl groups is 1. The maximum atomic E-state index is 12.6. The highest BCUT2D eigenvalue weighted by molar-refractivity contribution is 8.01. The number of carbonyl (C=O) groups is 2. The number of aliphatic hydroxyl groups excluding tert-OH is 1. The van der Waals surface area contributed by atoms with E-state index in [2.05, 4.69) is 0 Å². The summed E-state index contributed by atoms with van der Waals surface area (Å²) in [5, 5.41) is 9.08. The first-order chi connectivity index (χ1) is 10.6. The van der Waals surface area contributed by atoms with Crippen molar-refractivity contribution in [3.8, 4) is 0 Å². The van der Waals surface area contributed by atoms with Crippen LogP contribution in [0.1, 0.15) is 18.4 Å². The lowest BCUT2D eigenvalue weighted by atomic mass is 10.00. The summed E-state index contributed by atoms with van der Waals surface area (Å²) in [4.78, 5) is 26.0. The Morgan fingerprint density at radius 1 is 1.41 bits per heavy atom. The van der Waals surface area contributed by atoms with E-state index in [1.807, 2.05) is 30.3 Å². The Kier molecular flexibility index (Phi) is 4.40. The van der Waals surface area contributed by atoms with Gasteiger partial charge in [0.1, 0.15) is 11.4 Å². The second-order valence-corrected chi connectivity index (χ2v) is 7.19. The Bertz CT molecular complexity index is 565. The molecule has 118 valence electrons. The molecule has 1 aromatic rings. The Balaban J connectivity index is 1.67. The molecule has 0 saturated carbocycles. The van der Waals surface area contributed by atoms with Crippen LogP contribution in [0.4, 0.5) is 0 Å². The number of thioether (sulfide) groups is 1. The van der Waals surface area contributed by atoms with Crippen molar-refractivity contribution in [2.75, 3.05) is 18.9 Å². The van der Waals surface area contributed by atoms with Crippen molar-refractivity contribution >= 4 is 23.6 Å². The van der Waals surface area contributed by atoms with Gasteiger partial charge in [0.15, 0.2) is 0 Å². The van der Waals surface area contributed by atoms with Gasteiger partial charge in [0.05, 0.1) is 6.61 Å². The number of fused-ring (bicyclic) bond motifs is 1. The second-order valence-electron chi connectivity index (χ2n) is 5.71. The van der Waals surface area contributed by atoms with E-state index in [1.54, 1.807) is 4.90 Å². The van der Waals surface area contributed by atoms with E-state index in [-0.39, 0.29) is 31.1 Å². The molecule has 0 aliphatic carbocycles. The number of ether oxygens (including phenoxy) is 1. The van der Waals surface area contributed by atoms with Crippen LogP contribution in [0, 0.1) is 0 Å². The third kappa shape index (κ3) is 2.85. The van der Waals surface area contributed by atoms with Crippen molar-refractivity contribution in [1.82, 2.24) is 4.90 Å². The Labute approximate surface area is 133 Å². The highest BCUT2D eigenvalue weighted by Gasteiger charge is 2.56. The van der Waals surface area contributed by atoms with Crippen molar-refractivity contribution in [3.63, 3.8) is 0 Å². The summed E-state index contributed by atoms with van der Waals surface area (Å²) in [7, 11) is 0.